The Hall–Kier alpha value is -0.830. The summed E-state index contributed by atoms with van der Waals surface area (Å²) in [6, 6.07) is 0.630. The van der Waals surface area contributed by atoms with Crippen LogP contribution in [0.15, 0.2) is 12.5 Å². The van der Waals surface area contributed by atoms with Crippen molar-refractivity contribution in [1.29, 1.82) is 0 Å². The molecule has 0 amide bonds. The second-order valence-electron chi connectivity index (χ2n) is 4.54. The molecule has 0 radical (unpaired) electrons. The van der Waals surface area contributed by atoms with Gasteiger partial charge >= 0.3 is 0 Å². The Balaban J connectivity index is 2.08. The molecule has 2 unspecified atom stereocenters. The fourth-order valence-corrected chi connectivity index (χ4v) is 1.99. The second-order valence-corrected chi connectivity index (χ2v) is 4.54. The van der Waals surface area contributed by atoms with Gasteiger partial charge in [-0.25, -0.2) is 4.98 Å². The van der Waals surface area contributed by atoms with Gasteiger partial charge in [0.05, 0.1) is 12.0 Å². The maximum Gasteiger partial charge on any atom is 0.0951 e. The van der Waals surface area contributed by atoms with Crippen LogP contribution in [0.1, 0.15) is 50.9 Å². The van der Waals surface area contributed by atoms with Crippen LogP contribution in [0.3, 0.4) is 0 Å². The lowest BCUT2D eigenvalue weighted by Gasteiger charge is -2.17. The highest BCUT2D eigenvalue weighted by Crippen LogP contribution is 2.37. The summed E-state index contributed by atoms with van der Waals surface area (Å²) in [7, 11) is 0. The van der Waals surface area contributed by atoms with Crippen LogP contribution in [0, 0.1) is 5.92 Å². The molecule has 1 aromatic rings. The first kappa shape index (κ1) is 9.71. The van der Waals surface area contributed by atoms with Crippen LogP contribution >= 0.6 is 0 Å². The minimum atomic E-state index is 0.0825. The van der Waals surface area contributed by atoms with Crippen molar-refractivity contribution in [3.63, 3.8) is 0 Å². The van der Waals surface area contributed by atoms with E-state index < -0.39 is 0 Å². The van der Waals surface area contributed by atoms with E-state index in [0.717, 1.165) is 11.6 Å². The van der Waals surface area contributed by atoms with Crippen LogP contribution in [0.25, 0.3) is 0 Å². The molecule has 1 aliphatic carbocycles. The molecule has 2 rings (SSSR count). The van der Waals surface area contributed by atoms with Gasteiger partial charge in [0.2, 0.25) is 0 Å². The Morgan fingerprint density at radius 1 is 1.57 bits per heavy atom. The van der Waals surface area contributed by atoms with Crippen molar-refractivity contribution < 1.29 is 0 Å². The molecule has 0 saturated heterocycles. The summed E-state index contributed by atoms with van der Waals surface area (Å²) in [5.74, 6) is 0.952. The third kappa shape index (κ3) is 1.98. The number of hydrogen-bond donors (Lipinski definition) is 1. The van der Waals surface area contributed by atoms with Crippen molar-refractivity contribution in [3.8, 4) is 0 Å². The molecule has 1 aliphatic rings. The molecule has 1 fully saturated rings. The van der Waals surface area contributed by atoms with Gasteiger partial charge in [-0.3, -0.25) is 0 Å². The van der Waals surface area contributed by atoms with Crippen molar-refractivity contribution in [3.05, 3.63) is 18.2 Å². The van der Waals surface area contributed by atoms with Gasteiger partial charge in [-0.1, -0.05) is 12.8 Å². The van der Waals surface area contributed by atoms with Gasteiger partial charge in [-0.15, -0.1) is 0 Å². The summed E-state index contributed by atoms with van der Waals surface area (Å²) in [4.78, 5) is 4.18. The van der Waals surface area contributed by atoms with Gasteiger partial charge in [0.25, 0.3) is 0 Å². The molecule has 1 aromatic heterocycles. The minimum absolute atomic E-state index is 0.0825. The Morgan fingerprint density at radius 2 is 2.29 bits per heavy atom. The molecule has 1 saturated carbocycles. The normalized spacial score (nSPS) is 20.8. The highest BCUT2D eigenvalue weighted by molar-refractivity contribution is 5.04. The highest BCUT2D eigenvalue weighted by Gasteiger charge is 2.25. The predicted molar refractivity (Wildman–Crippen MR) is 56.9 cm³/mol. The van der Waals surface area contributed by atoms with E-state index in [1.54, 1.807) is 0 Å². The SMILES string of the molecule is CC(N)c1cncn1C(C)CC1CC1. The Kier molecular flexibility index (Phi) is 2.59. The molecule has 0 spiro atoms. The largest absolute Gasteiger partial charge is 0.330 e. The summed E-state index contributed by atoms with van der Waals surface area (Å²) in [5.41, 5.74) is 7.03. The standard InChI is InChI=1S/C11H19N3/c1-8(5-10-3-4-10)14-7-13-6-11(14)9(2)12/h6-10H,3-5,12H2,1-2H3. The molecular weight excluding hydrogens is 174 g/mol. The number of hydrogen-bond acceptors (Lipinski definition) is 2. The smallest absolute Gasteiger partial charge is 0.0951 e. The molecule has 78 valence electrons. The van der Waals surface area contributed by atoms with E-state index in [1.165, 1.54) is 19.3 Å². The highest BCUT2D eigenvalue weighted by atomic mass is 15.1. The zero-order chi connectivity index (χ0) is 10.1. The Labute approximate surface area is 85.3 Å². The average Bonchev–Trinajstić information content (AvgIpc) is 2.81. The summed E-state index contributed by atoms with van der Waals surface area (Å²) >= 11 is 0. The van der Waals surface area contributed by atoms with E-state index in [-0.39, 0.29) is 6.04 Å². The van der Waals surface area contributed by atoms with Gasteiger partial charge in [-0.05, 0) is 26.2 Å². The summed E-state index contributed by atoms with van der Waals surface area (Å²) < 4.78 is 2.23. The first-order chi connectivity index (χ1) is 6.68. The van der Waals surface area contributed by atoms with Crippen LogP contribution in [0.2, 0.25) is 0 Å². The first-order valence-corrected chi connectivity index (χ1v) is 5.45. The molecule has 0 bridgehead atoms. The number of rotatable bonds is 4. The van der Waals surface area contributed by atoms with Gasteiger partial charge in [0.1, 0.15) is 0 Å². The van der Waals surface area contributed by atoms with Gasteiger partial charge in [-0.2, -0.15) is 0 Å². The predicted octanol–water partition coefficient (Wildman–Crippen LogP) is 2.26. The zero-order valence-corrected chi connectivity index (χ0v) is 8.98. The first-order valence-electron chi connectivity index (χ1n) is 5.45. The summed E-state index contributed by atoms with van der Waals surface area (Å²) in [6.45, 7) is 4.27. The van der Waals surface area contributed by atoms with Crippen LogP contribution in [-0.2, 0) is 0 Å². The van der Waals surface area contributed by atoms with E-state index in [0.29, 0.717) is 6.04 Å². The average molecular weight is 193 g/mol. The molecule has 14 heavy (non-hydrogen) atoms. The van der Waals surface area contributed by atoms with E-state index in [4.69, 9.17) is 5.73 Å². The lowest BCUT2D eigenvalue weighted by atomic mass is 10.1. The van der Waals surface area contributed by atoms with Crippen LogP contribution in [-0.4, -0.2) is 9.55 Å². The summed E-state index contributed by atoms with van der Waals surface area (Å²) in [6.07, 6.45) is 7.88. The molecule has 2 atom stereocenters. The summed E-state index contributed by atoms with van der Waals surface area (Å²) in [5, 5.41) is 0. The molecular formula is C11H19N3. The van der Waals surface area contributed by atoms with Gasteiger partial charge in [0.15, 0.2) is 0 Å². The maximum absolute atomic E-state index is 5.88. The van der Waals surface area contributed by atoms with Gasteiger partial charge in [0, 0.05) is 18.3 Å². The van der Waals surface area contributed by atoms with E-state index in [2.05, 4.69) is 16.5 Å². The fourth-order valence-electron chi connectivity index (χ4n) is 1.99. The molecule has 1 heterocycles. The van der Waals surface area contributed by atoms with Crippen LogP contribution < -0.4 is 5.73 Å². The molecule has 2 N–H and O–H groups in total. The second kappa shape index (κ2) is 3.73. The van der Waals surface area contributed by atoms with Crippen molar-refractivity contribution in [1.82, 2.24) is 9.55 Å². The van der Waals surface area contributed by atoms with Crippen LogP contribution in [0.4, 0.5) is 0 Å². The zero-order valence-electron chi connectivity index (χ0n) is 8.98. The van der Waals surface area contributed by atoms with Crippen molar-refractivity contribution in [2.24, 2.45) is 11.7 Å². The van der Waals surface area contributed by atoms with Crippen molar-refractivity contribution in [2.45, 2.75) is 45.2 Å². The van der Waals surface area contributed by atoms with E-state index in [1.807, 2.05) is 19.4 Å². The topological polar surface area (TPSA) is 43.8 Å². The van der Waals surface area contributed by atoms with Crippen LogP contribution in [0.5, 0.6) is 0 Å². The number of nitrogens with two attached hydrogens (primary N) is 1. The minimum Gasteiger partial charge on any atom is -0.330 e. The van der Waals surface area contributed by atoms with E-state index >= 15 is 0 Å². The maximum atomic E-state index is 5.88. The van der Waals surface area contributed by atoms with E-state index in [9.17, 15) is 0 Å². The monoisotopic (exact) mass is 193 g/mol. The quantitative estimate of drug-likeness (QED) is 0.797. The number of aromatic nitrogens is 2. The Morgan fingerprint density at radius 3 is 2.86 bits per heavy atom. The third-order valence-electron chi connectivity index (χ3n) is 3.01. The fraction of sp³-hybridized carbons (Fsp3) is 0.727. The lowest BCUT2D eigenvalue weighted by Crippen LogP contribution is -2.15. The number of imidazole rings is 1. The Bertz CT molecular complexity index is 299. The lowest BCUT2D eigenvalue weighted by molar-refractivity contribution is 0.455. The van der Waals surface area contributed by atoms with Crippen molar-refractivity contribution in [2.75, 3.05) is 0 Å². The number of nitrogens with zero attached hydrogens (tertiary/aromatic N) is 2. The van der Waals surface area contributed by atoms with Crippen molar-refractivity contribution >= 4 is 0 Å². The third-order valence-corrected chi connectivity index (χ3v) is 3.01. The van der Waals surface area contributed by atoms with Gasteiger partial charge < -0.3 is 10.3 Å². The molecule has 0 aromatic carbocycles. The molecule has 3 nitrogen and oxygen atoms in total. The molecule has 3 heteroatoms. The molecule has 0 aliphatic heterocycles.